The Morgan fingerprint density at radius 3 is 2.76 bits per heavy atom. The molecule has 6 nitrogen and oxygen atoms in total. The van der Waals surface area contributed by atoms with Gasteiger partial charge in [0.15, 0.2) is 24.1 Å². The molecule has 130 valence electrons. The van der Waals surface area contributed by atoms with Crippen molar-refractivity contribution in [3.8, 4) is 23.5 Å². The molecule has 0 saturated heterocycles. The standard InChI is InChI=1S/C17H16F2N4O2/c1-4-7-25-17(24)23-16(21-9-20)14(15(22-23)10(2)3)11-5-6-12(18)13(19)8-11/h1,5-6,8-10H,7H2,2-3H3,(H2,20,21). The largest absolute Gasteiger partial charge is 0.437 e. The van der Waals surface area contributed by atoms with E-state index >= 15 is 0 Å². The number of nitrogens with zero attached hydrogens (tertiary/aromatic N) is 3. The summed E-state index contributed by atoms with van der Waals surface area (Å²) in [6.45, 7) is 3.42. The molecule has 8 heteroatoms. The quantitative estimate of drug-likeness (QED) is 0.524. The van der Waals surface area contributed by atoms with Crippen LogP contribution in [0.25, 0.3) is 11.1 Å². The molecule has 0 radical (unpaired) electrons. The van der Waals surface area contributed by atoms with Crippen molar-refractivity contribution in [2.24, 2.45) is 10.7 Å². The number of benzene rings is 1. The molecule has 25 heavy (non-hydrogen) atoms. The first-order valence-corrected chi connectivity index (χ1v) is 7.33. The summed E-state index contributed by atoms with van der Waals surface area (Å²) in [4.78, 5) is 16.1. The van der Waals surface area contributed by atoms with E-state index in [1.54, 1.807) is 0 Å². The number of rotatable bonds is 4. The minimum Gasteiger partial charge on any atom is -0.435 e. The number of aliphatic imine (C=N–C) groups is 1. The molecule has 0 aliphatic rings. The second-order valence-corrected chi connectivity index (χ2v) is 5.32. The second kappa shape index (κ2) is 7.57. The SMILES string of the molecule is C#CCOC(=O)n1nc(C(C)C)c(-c2ccc(F)c(F)c2)c1/N=C\N. The predicted octanol–water partition coefficient (Wildman–Crippen LogP) is 3.19. The molecule has 0 unspecified atom stereocenters. The third kappa shape index (κ3) is 3.66. The highest BCUT2D eigenvalue weighted by Crippen LogP contribution is 2.37. The normalized spacial score (nSPS) is 11.0. The highest BCUT2D eigenvalue weighted by Gasteiger charge is 2.25. The first-order valence-electron chi connectivity index (χ1n) is 7.33. The molecule has 1 aromatic heterocycles. The summed E-state index contributed by atoms with van der Waals surface area (Å²) in [5, 5.41) is 4.20. The fourth-order valence-electron chi connectivity index (χ4n) is 2.24. The van der Waals surface area contributed by atoms with E-state index in [-0.39, 0.29) is 18.3 Å². The van der Waals surface area contributed by atoms with Crippen molar-refractivity contribution < 1.29 is 18.3 Å². The topological polar surface area (TPSA) is 82.5 Å². The van der Waals surface area contributed by atoms with Crippen molar-refractivity contribution >= 4 is 18.2 Å². The van der Waals surface area contributed by atoms with E-state index in [0.29, 0.717) is 16.8 Å². The maximum Gasteiger partial charge on any atom is 0.437 e. The number of nitrogens with two attached hydrogens (primary N) is 1. The predicted molar refractivity (Wildman–Crippen MR) is 89.6 cm³/mol. The van der Waals surface area contributed by atoms with Crippen LogP contribution in [-0.2, 0) is 4.74 Å². The zero-order chi connectivity index (χ0) is 18.6. The van der Waals surface area contributed by atoms with Gasteiger partial charge in [0.25, 0.3) is 0 Å². The molecular formula is C17H16F2N4O2. The van der Waals surface area contributed by atoms with E-state index in [1.807, 2.05) is 13.8 Å². The summed E-state index contributed by atoms with van der Waals surface area (Å²) in [6.07, 6.45) is 5.19. The van der Waals surface area contributed by atoms with Gasteiger partial charge in [-0.1, -0.05) is 25.8 Å². The van der Waals surface area contributed by atoms with Crippen molar-refractivity contribution in [1.82, 2.24) is 9.78 Å². The van der Waals surface area contributed by atoms with Crippen molar-refractivity contribution in [2.75, 3.05) is 6.61 Å². The Kier molecular flexibility index (Phi) is 5.49. The van der Waals surface area contributed by atoms with Gasteiger partial charge >= 0.3 is 6.09 Å². The number of terminal acetylenes is 1. The Labute approximate surface area is 143 Å². The molecule has 0 amide bonds. The molecule has 0 bridgehead atoms. The summed E-state index contributed by atoms with van der Waals surface area (Å²) in [7, 11) is 0. The van der Waals surface area contributed by atoms with Gasteiger partial charge in [-0.15, -0.1) is 11.1 Å². The van der Waals surface area contributed by atoms with E-state index in [2.05, 4.69) is 16.0 Å². The lowest BCUT2D eigenvalue weighted by atomic mass is 9.99. The van der Waals surface area contributed by atoms with Crippen LogP contribution in [0.2, 0.25) is 0 Å². The molecule has 0 aliphatic carbocycles. The molecule has 2 rings (SSSR count). The van der Waals surface area contributed by atoms with Crippen LogP contribution in [0.15, 0.2) is 23.2 Å². The first kappa shape index (κ1) is 18.1. The van der Waals surface area contributed by atoms with E-state index in [0.717, 1.165) is 23.2 Å². The van der Waals surface area contributed by atoms with Gasteiger partial charge in [0, 0.05) is 0 Å². The number of carbonyl (C=O) groups excluding carboxylic acids is 1. The highest BCUT2D eigenvalue weighted by atomic mass is 19.2. The van der Waals surface area contributed by atoms with Crippen LogP contribution in [0, 0.1) is 24.0 Å². The molecule has 2 aromatic rings. The van der Waals surface area contributed by atoms with Crippen molar-refractivity contribution in [3.05, 3.63) is 35.5 Å². The average molecular weight is 346 g/mol. The van der Waals surface area contributed by atoms with Gasteiger partial charge in [-0.2, -0.15) is 5.10 Å². The Balaban J connectivity index is 2.71. The fourth-order valence-corrected chi connectivity index (χ4v) is 2.24. The van der Waals surface area contributed by atoms with E-state index < -0.39 is 17.7 Å². The third-order valence-corrected chi connectivity index (χ3v) is 3.29. The molecule has 0 saturated carbocycles. The number of halogens is 2. The summed E-state index contributed by atoms with van der Waals surface area (Å²) >= 11 is 0. The number of hydrogen-bond donors (Lipinski definition) is 1. The minimum atomic E-state index is -1.03. The van der Waals surface area contributed by atoms with E-state index in [9.17, 15) is 13.6 Å². The molecule has 1 heterocycles. The lowest BCUT2D eigenvalue weighted by molar-refractivity contribution is 0.158. The van der Waals surface area contributed by atoms with Gasteiger partial charge in [-0.25, -0.2) is 18.6 Å². The molecular weight excluding hydrogens is 330 g/mol. The number of ether oxygens (including phenoxy) is 1. The van der Waals surface area contributed by atoms with Crippen LogP contribution in [0.4, 0.5) is 19.4 Å². The summed E-state index contributed by atoms with van der Waals surface area (Å²) < 4.78 is 32.7. The number of hydrogen-bond acceptors (Lipinski definition) is 4. The molecule has 0 spiro atoms. The monoisotopic (exact) mass is 346 g/mol. The van der Waals surface area contributed by atoms with Crippen LogP contribution >= 0.6 is 0 Å². The molecule has 0 aliphatic heterocycles. The third-order valence-electron chi connectivity index (χ3n) is 3.29. The Bertz CT molecular complexity index is 866. The van der Waals surface area contributed by atoms with Crippen LogP contribution in [0.3, 0.4) is 0 Å². The molecule has 0 fully saturated rings. The minimum absolute atomic E-state index is 0.0410. The number of carbonyl (C=O) groups is 1. The van der Waals surface area contributed by atoms with Crippen LogP contribution in [0.1, 0.15) is 25.5 Å². The zero-order valence-corrected chi connectivity index (χ0v) is 13.7. The lowest BCUT2D eigenvalue weighted by Crippen LogP contribution is -2.15. The van der Waals surface area contributed by atoms with E-state index in [4.69, 9.17) is 16.9 Å². The van der Waals surface area contributed by atoms with Crippen molar-refractivity contribution in [3.63, 3.8) is 0 Å². The first-order chi connectivity index (χ1) is 11.9. The second-order valence-electron chi connectivity index (χ2n) is 5.32. The molecule has 2 N–H and O–H groups in total. The van der Waals surface area contributed by atoms with Crippen LogP contribution in [-0.4, -0.2) is 28.8 Å². The summed E-state index contributed by atoms with van der Waals surface area (Å²) in [5.41, 5.74) is 6.47. The maximum absolute atomic E-state index is 13.7. The Hall–Kier alpha value is -3.21. The van der Waals surface area contributed by atoms with Crippen molar-refractivity contribution in [2.45, 2.75) is 19.8 Å². The summed E-state index contributed by atoms with van der Waals surface area (Å²) in [6, 6.07) is 3.36. The Morgan fingerprint density at radius 2 is 2.20 bits per heavy atom. The van der Waals surface area contributed by atoms with Gasteiger partial charge < -0.3 is 10.5 Å². The molecule has 0 atom stereocenters. The Morgan fingerprint density at radius 1 is 1.48 bits per heavy atom. The van der Waals surface area contributed by atoms with Gasteiger partial charge in [0.1, 0.15) is 0 Å². The number of aromatic nitrogens is 2. The van der Waals surface area contributed by atoms with Crippen LogP contribution in [0.5, 0.6) is 0 Å². The highest BCUT2D eigenvalue weighted by molar-refractivity contribution is 5.85. The van der Waals surface area contributed by atoms with Gasteiger partial charge in [0.2, 0.25) is 0 Å². The zero-order valence-electron chi connectivity index (χ0n) is 13.7. The smallest absolute Gasteiger partial charge is 0.435 e. The van der Waals surface area contributed by atoms with Gasteiger partial charge in [0.05, 0.1) is 17.6 Å². The van der Waals surface area contributed by atoms with Crippen molar-refractivity contribution in [1.29, 1.82) is 0 Å². The van der Waals surface area contributed by atoms with E-state index in [1.165, 1.54) is 6.07 Å². The lowest BCUT2D eigenvalue weighted by Gasteiger charge is -2.07. The average Bonchev–Trinajstić information content (AvgIpc) is 2.95. The van der Waals surface area contributed by atoms with Gasteiger partial charge in [-0.05, 0) is 23.6 Å². The fraction of sp³-hybridized carbons (Fsp3) is 0.235. The van der Waals surface area contributed by atoms with Crippen LogP contribution < -0.4 is 5.73 Å². The maximum atomic E-state index is 13.7. The van der Waals surface area contributed by atoms with Gasteiger partial charge in [-0.3, -0.25) is 0 Å². The molecule has 1 aromatic carbocycles. The summed E-state index contributed by atoms with van der Waals surface area (Å²) in [5.74, 6) is 0.0531.